The van der Waals surface area contributed by atoms with Crippen LogP contribution >= 0.6 is 11.3 Å². The van der Waals surface area contributed by atoms with E-state index in [9.17, 15) is 23.1 Å². The number of anilines is 1. The number of aromatic hydroxyl groups is 1. The van der Waals surface area contributed by atoms with Crippen LogP contribution in [0.5, 0.6) is 5.75 Å². The van der Waals surface area contributed by atoms with E-state index < -0.39 is 11.7 Å². The molecule has 0 radical (unpaired) electrons. The molecule has 2 aromatic carbocycles. The number of phenols is 1. The van der Waals surface area contributed by atoms with Gasteiger partial charge in [-0.1, -0.05) is 36.4 Å². The van der Waals surface area contributed by atoms with Crippen molar-refractivity contribution in [1.82, 2.24) is 4.98 Å². The number of aryl methyl sites for hydroxylation is 1. The Hall–Kier alpha value is -2.87. The number of thiazole rings is 1. The molecule has 4 nitrogen and oxygen atoms in total. The fraction of sp³-hybridized carbons (Fsp3) is 0.200. The lowest BCUT2D eigenvalue weighted by atomic mass is 10.1. The summed E-state index contributed by atoms with van der Waals surface area (Å²) in [5.41, 5.74) is 0.519. The van der Waals surface area contributed by atoms with Gasteiger partial charge >= 0.3 is 6.18 Å². The van der Waals surface area contributed by atoms with Crippen LogP contribution in [0.2, 0.25) is 0 Å². The van der Waals surface area contributed by atoms with Crippen LogP contribution in [-0.2, 0) is 23.8 Å². The number of carbonyl (C=O) groups excluding carboxylic acids is 1. The summed E-state index contributed by atoms with van der Waals surface area (Å²) in [6, 6.07) is 12.0. The third kappa shape index (κ3) is 5.32. The lowest BCUT2D eigenvalue weighted by molar-refractivity contribution is -0.137. The molecule has 0 bridgehead atoms. The van der Waals surface area contributed by atoms with Gasteiger partial charge in [-0.25, -0.2) is 4.98 Å². The van der Waals surface area contributed by atoms with Crippen molar-refractivity contribution in [1.29, 1.82) is 0 Å². The first-order chi connectivity index (χ1) is 13.3. The van der Waals surface area contributed by atoms with E-state index in [4.69, 9.17) is 0 Å². The first-order valence-electron chi connectivity index (χ1n) is 8.49. The molecule has 0 spiro atoms. The fourth-order valence-electron chi connectivity index (χ4n) is 2.66. The molecule has 0 unspecified atom stereocenters. The highest BCUT2D eigenvalue weighted by atomic mass is 32.1. The second kappa shape index (κ2) is 8.43. The third-order valence-corrected chi connectivity index (χ3v) is 4.96. The van der Waals surface area contributed by atoms with E-state index in [1.807, 2.05) is 0 Å². The molecule has 8 heteroatoms. The second-order valence-corrected chi connectivity index (χ2v) is 7.30. The van der Waals surface area contributed by atoms with Crippen LogP contribution in [0.25, 0.3) is 0 Å². The van der Waals surface area contributed by atoms with E-state index in [0.29, 0.717) is 29.1 Å². The van der Waals surface area contributed by atoms with Crippen LogP contribution in [-0.4, -0.2) is 16.0 Å². The minimum atomic E-state index is -4.38. The van der Waals surface area contributed by atoms with Crippen LogP contribution in [0.4, 0.5) is 18.3 Å². The number of rotatable bonds is 6. The van der Waals surface area contributed by atoms with E-state index in [1.54, 1.807) is 36.5 Å². The highest BCUT2D eigenvalue weighted by Gasteiger charge is 2.30. The first-order valence-corrected chi connectivity index (χ1v) is 9.30. The average molecular weight is 406 g/mol. The molecular weight excluding hydrogens is 389 g/mol. The smallest absolute Gasteiger partial charge is 0.416 e. The maximum atomic E-state index is 12.8. The van der Waals surface area contributed by atoms with Gasteiger partial charge in [0.25, 0.3) is 0 Å². The Kier molecular flexibility index (Phi) is 5.99. The van der Waals surface area contributed by atoms with Gasteiger partial charge < -0.3 is 10.4 Å². The Labute approximate surface area is 163 Å². The molecule has 1 amide bonds. The monoisotopic (exact) mass is 406 g/mol. The molecule has 0 saturated heterocycles. The molecule has 0 aliphatic rings. The number of hydrogen-bond acceptors (Lipinski definition) is 4. The summed E-state index contributed by atoms with van der Waals surface area (Å²) in [6.07, 6.45) is -1.96. The summed E-state index contributed by atoms with van der Waals surface area (Å²) in [5.74, 6) is -0.101. The highest BCUT2D eigenvalue weighted by Crippen LogP contribution is 2.30. The van der Waals surface area contributed by atoms with Gasteiger partial charge in [-0.05, 0) is 29.7 Å². The number of aromatic nitrogens is 1. The second-order valence-electron chi connectivity index (χ2n) is 6.18. The van der Waals surface area contributed by atoms with Crippen molar-refractivity contribution in [3.63, 3.8) is 0 Å². The average Bonchev–Trinajstić information content (AvgIpc) is 3.07. The number of nitrogens with zero attached hydrogens (tertiary/aromatic N) is 1. The number of benzene rings is 2. The van der Waals surface area contributed by atoms with E-state index in [0.717, 1.165) is 17.0 Å². The van der Waals surface area contributed by atoms with Gasteiger partial charge in [0, 0.05) is 23.9 Å². The van der Waals surface area contributed by atoms with Gasteiger partial charge in [0.15, 0.2) is 5.13 Å². The van der Waals surface area contributed by atoms with Gasteiger partial charge in [-0.2, -0.15) is 13.2 Å². The van der Waals surface area contributed by atoms with Crippen LogP contribution in [0, 0.1) is 0 Å². The van der Waals surface area contributed by atoms with E-state index >= 15 is 0 Å². The largest absolute Gasteiger partial charge is 0.508 e. The molecule has 0 aliphatic carbocycles. The van der Waals surface area contributed by atoms with Crippen molar-refractivity contribution in [2.24, 2.45) is 0 Å². The van der Waals surface area contributed by atoms with Crippen molar-refractivity contribution in [3.8, 4) is 5.75 Å². The predicted molar refractivity (Wildman–Crippen MR) is 101 cm³/mol. The molecule has 1 aromatic heterocycles. The minimum Gasteiger partial charge on any atom is -0.508 e. The van der Waals surface area contributed by atoms with Gasteiger partial charge in [-0.15, -0.1) is 11.3 Å². The lowest BCUT2D eigenvalue weighted by Gasteiger charge is -2.07. The molecule has 28 heavy (non-hydrogen) atoms. The molecule has 0 fully saturated rings. The molecule has 0 saturated carbocycles. The number of halogens is 3. The zero-order valence-corrected chi connectivity index (χ0v) is 15.5. The zero-order valence-electron chi connectivity index (χ0n) is 14.7. The first kappa shape index (κ1) is 19.9. The summed E-state index contributed by atoms with van der Waals surface area (Å²) in [4.78, 5) is 16.9. The highest BCUT2D eigenvalue weighted by molar-refractivity contribution is 7.15. The van der Waals surface area contributed by atoms with E-state index in [1.165, 1.54) is 17.4 Å². The third-order valence-electron chi connectivity index (χ3n) is 4.05. The van der Waals surface area contributed by atoms with Crippen molar-refractivity contribution in [3.05, 3.63) is 76.3 Å². The van der Waals surface area contributed by atoms with Crippen molar-refractivity contribution >= 4 is 22.4 Å². The standard InChI is InChI=1S/C20H17F3N2O2S/c21-20(22,23)15-6-3-4-13(10-15)11-16-12-24-19(28-16)25-18(27)9-8-14-5-1-2-7-17(14)26/h1-7,10,12,26H,8-9,11H2,(H,24,25,27). The van der Waals surface area contributed by atoms with Crippen molar-refractivity contribution in [2.45, 2.75) is 25.4 Å². The molecule has 146 valence electrons. The summed E-state index contributed by atoms with van der Waals surface area (Å²) >= 11 is 1.22. The van der Waals surface area contributed by atoms with E-state index in [2.05, 4.69) is 10.3 Å². The van der Waals surface area contributed by atoms with Crippen molar-refractivity contribution in [2.75, 3.05) is 5.32 Å². The number of hydrogen-bond donors (Lipinski definition) is 2. The van der Waals surface area contributed by atoms with Crippen LogP contribution in [0.15, 0.2) is 54.7 Å². The van der Waals surface area contributed by atoms with Crippen LogP contribution in [0.3, 0.4) is 0 Å². The maximum absolute atomic E-state index is 12.8. The van der Waals surface area contributed by atoms with Gasteiger partial charge in [-0.3, -0.25) is 4.79 Å². The Balaban J connectivity index is 1.57. The molecule has 0 atom stereocenters. The topological polar surface area (TPSA) is 62.2 Å². The molecule has 0 aliphatic heterocycles. The molecular formula is C20H17F3N2O2S. The van der Waals surface area contributed by atoms with Crippen LogP contribution < -0.4 is 5.32 Å². The minimum absolute atomic E-state index is 0.146. The number of alkyl halides is 3. The number of amides is 1. The Morgan fingerprint density at radius 1 is 1.14 bits per heavy atom. The normalized spacial score (nSPS) is 11.4. The summed E-state index contributed by atoms with van der Waals surface area (Å²) in [5, 5.41) is 12.8. The molecule has 3 aromatic rings. The maximum Gasteiger partial charge on any atom is 0.416 e. The molecule has 1 heterocycles. The van der Waals surface area contributed by atoms with Crippen LogP contribution in [0.1, 0.15) is 28.0 Å². The molecule has 2 N–H and O–H groups in total. The SMILES string of the molecule is O=C(CCc1ccccc1O)Nc1ncc(Cc2cccc(C(F)(F)F)c2)s1. The number of carbonyl (C=O) groups is 1. The summed E-state index contributed by atoms with van der Waals surface area (Å²) < 4.78 is 38.4. The fourth-order valence-corrected chi connectivity index (χ4v) is 3.52. The predicted octanol–water partition coefficient (Wildman–Crippen LogP) is 5.03. The van der Waals surface area contributed by atoms with E-state index in [-0.39, 0.29) is 18.1 Å². The number of nitrogens with one attached hydrogen (secondary N) is 1. The lowest BCUT2D eigenvalue weighted by Crippen LogP contribution is -2.12. The Morgan fingerprint density at radius 2 is 1.93 bits per heavy atom. The van der Waals surface area contributed by atoms with Gasteiger partial charge in [0.1, 0.15) is 5.75 Å². The molecule has 3 rings (SSSR count). The summed E-state index contributed by atoms with van der Waals surface area (Å²) in [7, 11) is 0. The summed E-state index contributed by atoms with van der Waals surface area (Å²) in [6.45, 7) is 0. The Bertz CT molecular complexity index is 970. The van der Waals surface area contributed by atoms with Crippen molar-refractivity contribution < 1.29 is 23.1 Å². The number of phenolic OH excluding ortho intramolecular Hbond substituents is 1. The van der Waals surface area contributed by atoms with Gasteiger partial charge in [0.05, 0.1) is 5.56 Å². The zero-order chi connectivity index (χ0) is 20.1. The quantitative estimate of drug-likeness (QED) is 0.604. The number of para-hydroxylation sites is 1. The Morgan fingerprint density at radius 3 is 2.68 bits per heavy atom. The van der Waals surface area contributed by atoms with Gasteiger partial charge in [0.2, 0.25) is 5.91 Å².